The van der Waals surface area contributed by atoms with Gasteiger partial charge in [0, 0.05) is 18.6 Å². The molecule has 0 radical (unpaired) electrons. The van der Waals surface area contributed by atoms with Gasteiger partial charge in [-0.05, 0) is 22.8 Å². The van der Waals surface area contributed by atoms with Crippen molar-refractivity contribution >= 4 is 66.7 Å². The van der Waals surface area contributed by atoms with Gasteiger partial charge in [0.25, 0.3) is 5.56 Å². The maximum Gasteiger partial charge on any atom is 0.582 e. The average molecular weight is 708 g/mol. The lowest BCUT2D eigenvalue weighted by Crippen LogP contribution is -2.32. The van der Waals surface area contributed by atoms with Crippen LogP contribution in [0.5, 0.6) is 0 Å². The third-order valence-electron chi connectivity index (χ3n) is 7.19. The number of alkyl halides is 1. The van der Waals surface area contributed by atoms with E-state index in [-0.39, 0.29) is 35.9 Å². The predicted octanol–water partition coefficient (Wildman–Crippen LogP) is 0.461. The summed E-state index contributed by atoms with van der Waals surface area (Å²) in [6, 6.07) is 0. The van der Waals surface area contributed by atoms with Crippen LogP contribution in [-0.2, 0) is 39.4 Å². The molecule has 7 N–H and O–H groups in total. The van der Waals surface area contributed by atoms with Crippen molar-refractivity contribution in [2.24, 2.45) is 0 Å². The quantitative estimate of drug-likeness (QED) is 0.0913. The Morgan fingerprint density at radius 2 is 2.07 bits per heavy atom. The van der Waals surface area contributed by atoms with E-state index in [1.807, 2.05) is 0 Å². The highest BCUT2D eigenvalue weighted by Gasteiger charge is 2.50. The number of thiol groups is 1. The van der Waals surface area contributed by atoms with Crippen molar-refractivity contribution in [1.29, 1.82) is 0 Å². The number of aromatic amines is 1. The Balaban J connectivity index is 1.21. The van der Waals surface area contributed by atoms with Crippen molar-refractivity contribution in [2.75, 3.05) is 24.7 Å². The second kappa shape index (κ2) is 12.8. The van der Waals surface area contributed by atoms with Gasteiger partial charge in [0.2, 0.25) is 11.9 Å². The standard InChI is InChI=1S/C21H25FN10O9P2S2/c22-13-9(1-2-33)39-19(31-7-27-14-17(31)29-20(23)30-18(14)34)15(13)41-43(36,45)37-5-12-11(40-42(35)44)3-10(38-12)8-4-28-32-16(8)25-6-26-21(32)24/h4,6-7,9-13,15,19,33H,1-3,5H2,(H6-,23,24,25,26,28,29,30,34,35,36,44,45)/p+1/t9-,10-,11+,12-,13-,15-,19-,43?/m1/s1. The van der Waals surface area contributed by atoms with E-state index in [1.54, 1.807) is 0 Å². The highest BCUT2D eigenvalue weighted by Crippen LogP contribution is 2.52. The fraction of sp³-hybridized carbons (Fsp3) is 0.524. The number of nitrogens with one attached hydrogen (secondary N) is 1. The van der Waals surface area contributed by atoms with Crippen molar-refractivity contribution in [1.82, 2.24) is 39.1 Å². The van der Waals surface area contributed by atoms with Crippen LogP contribution in [0.15, 0.2) is 23.6 Å². The first kappa shape index (κ1) is 32.2. The van der Waals surface area contributed by atoms with Gasteiger partial charge in [0.15, 0.2) is 29.2 Å². The highest BCUT2D eigenvalue weighted by molar-refractivity contribution is 8.39. The molecule has 0 bridgehead atoms. The van der Waals surface area contributed by atoms with E-state index in [4.69, 9.17) is 46.3 Å². The fourth-order valence-corrected chi connectivity index (χ4v) is 7.46. The Kier molecular flexibility index (Phi) is 9.16. The van der Waals surface area contributed by atoms with E-state index in [0.717, 1.165) is 0 Å². The van der Waals surface area contributed by atoms with E-state index in [1.165, 1.54) is 27.9 Å². The van der Waals surface area contributed by atoms with Gasteiger partial charge in [0.1, 0.15) is 36.9 Å². The Hall–Kier alpha value is -2.75. The van der Waals surface area contributed by atoms with Crippen molar-refractivity contribution in [3.63, 3.8) is 0 Å². The lowest BCUT2D eigenvalue weighted by atomic mass is 10.1. The lowest BCUT2D eigenvalue weighted by molar-refractivity contribution is -0.0423. The number of nitrogens with zero attached hydrogens (tertiary/aromatic N) is 7. The topological polar surface area (TPSA) is 262 Å². The molecule has 19 nitrogen and oxygen atoms in total. The molecule has 2 aliphatic rings. The number of aliphatic hydroxyl groups excluding tert-OH is 1. The van der Waals surface area contributed by atoms with Crippen LogP contribution in [0.1, 0.15) is 30.7 Å². The molecule has 2 saturated heterocycles. The maximum absolute atomic E-state index is 15.7. The minimum Gasteiger partial charge on any atom is -0.396 e. The summed E-state index contributed by atoms with van der Waals surface area (Å²) in [5.41, 5.74) is 11.7. The molecule has 0 spiro atoms. The van der Waals surface area contributed by atoms with Crippen LogP contribution in [0.25, 0.3) is 16.8 Å². The van der Waals surface area contributed by atoms with Gasteiger partial charge in [-0.15, -0.1) is 4.52 Å². The summed E-state index contributed by atoms with van der Waals surface area (Å²) < 4.78 is 58.7. The molecule has 4 aromatic rings. The van der Waals surface area contributed by atoms with Crippen molar-refractivity contribution in [3.8, 4) is 0 Å². The second-order valence-corrected chi connectivity index (χ2v) is 14.4. The molecule has 6 rings (SSSR count). The number of fused-ring (bicyclic) bond motifs is 2. The minimum absolute atomic E-state index is 0.0372. The molecule has 0 saturated carbocycles. The van der Waals surface area contributed by atoms with Gasteiger partial charge >= 0.3 is 13.9 Å². The van der Waals surface area contributed by atoms with Crippen LogP contribution in [-0.4, -0.2) is 92.9 Å². The van der Waals surface area contributed by atoms with Crippen molar-refractivity contribution in [2.45, 2.75) is 55.8 Å². The van der Waals surface area contributed by atoms with Crippen molar-refractivity contribution in [3.05, 3.63) is 34.8 Å². The molecule has 2 unspecified atom stereocenters. The van der Waals surface area contributed by atoms with E-state index in [2.05, 4.69) is 42.3 Å². The first-order valence-corrected chi connectivity index (χ1v) is 18.1. The van der Waals surface area contributed by atoms with Gasteiger partial charge < -0.3 is 35.5 Å². The summed E-state index contributed by atoms with van der Waals surface area (Å²) in [7, 11) is -2.37. The number of H-pyrrole nitrogens is 1. The van der Waals surface area contributed by atoms with Crippen LogP contribution in [0.3, 0.4) is 0 Å². The molecule has 0 amide bonds. The zero-order valence-electron chi connectivity index (χ0n) is 22.8. The molecule has 24 heteroatoms. The number of nitrogens with two attached hydrogens (primary N) is 2. The number of aromatic nitrogens is 8. The zero-order chi connectivity index (χ0) is 32.0. The molecule has 4 aromatic heterocycles. The van der Waals surface area contributed by atoms with Crippen LogP contribution in [0.2, 0.25) is 0 Å². The molecule has 2 aliphatic heterocycles. The Bertz CT molecular complexity index is 1850. The van der Waals surface area contributed by atoms with Crippen LogP contribution >= 0.6 is 26.2 Å². The second-order valence-electron chi connectivity index (χ2n) is 9.98. The lowest BCUT2D eigenvalue weighted by Gasteiger charge is -2.26. The third kappa shape index (κ3) is 6.45. The van der Waals surface area contributed by atoms with Gasteiger partial charge in [-0.1, -0.05) is 0 Å². The molecule has 0 aliphatic carbocycles. The van der Waals surface area contributed by atoms with Gasteiger partial charge in [-0.25, -0.2) is 19.3 Å². The maximum atomic E-state index is 15.7. The Morgan fingerprint density at radius 3 is 2.82 bits per heavy atom. The van der Waals surface area contributed by atoms with E-state index >= 15 is 4.39 Å². The molecule has 242 valence electrons. The molecule has 45 heavy (non-hydrogen) atoms. The summed E-state index contributed by atoms with van der Waals surface area (Å²) in [6.45, 7) is -5.09. The summed E-state index contributed by atoms with van der Waals surface area (Å²) in [4.78, 5) is 41.8. The fourth-order valence-electron chi connectivity index (χ4n) is 5.24. The molecular weight excluding hydrogens is 681 g/mol. The van der Waals surface area contributed by atoms with E-state index in [0.29, 0.717) is 11.2 Å². The normalized spacial score (nSPS) is 28.6. The average Bonchev–Trinajstić information content (AvgIpc) is 3.74. The minimum atomic E-state index is -4.26. The molecule has 6 heterocycles. The van der Waals surface area contributed by atoms with E-state index < -0.39 is 75.6 Å². The number of hydrogen-bond donors (Lipinski definition) is 6. The number of imidazole rings is 1. The van der Waals surface area contributed by atoms with Crippen LogP contribution < -0.4 is 17.0 Å². The highest BCUT2D eigenvalue weighted by atomic mass is 32.7. The number of rotatable bonds is 11. The number of hydrogen-bond acceptors (Lipinski definition) is 16. The largest absolute Gasteiger partial charge is 0.582 e. The SMILES string of the molecule is Nc1nc2c(ncn2[C@@H]2O[C@H](CCO)[C@@H](F)[C@H]2OP(O)(=S)OC[C@H]2O[C@@H](c3cnn4c(N)ncnc34)C[C@@H]2O[P+](=O)S)c(=O)[nH]1. The van der Waals surface area contributed by atoms with Crippen LogP contribution in [0.4, 0.5) is 16.3 Å². The summed E-state index contributed by atoms with van der Waals surface area (Å²) in [6.07, 6.45) is -4.46. The van der Waals surface area contributed by atoms with Crippen LogP contribution in [0, 0.1) is 0 Å². The number of ether oxygens (including phenoxy) is 2. The molecule has 0 aromatic carbocycles. The first-order chi connectivity index (χ1) is 21.5. The van der Waals surface area contributed by atoms with Gasteiger partial charge in [-0.2, -0.15) is 14.6 Å². The first-order valence-electron chi connectivity index (χ1n) is 13.2. The number of halogens is 1. The Morgan fingerprint density at radius 1 is 1.27 bits per heavy atom. The molecule has 2 fully saturated rings. The molecule has 9 atom stereocenters. The third-order valence-corrected chi connectivity index (χ3v) is 9.48. The van der Waals surface area contributed by atoms with Gasteiger partial charge in [-0.3, -0.25) is 18.9 Å². The Labute approximate surface area is 262 Å². The number of aliphatic hydroxyl groups is 1. The predicted molar refractivity (Wildman–Crippen MR) is 159 cm³/mol. The van der Waals surface area contributed by atoms with E-state index in [9.17, 15) is 19.4 Å². The monoisotopic (exact) mass is 707 g/mol. The smallest absolute Gasteiger partial charge is 0.396 e. The van der Waals surface area contributed by atoms with Gasteiger partial charge in [0.05, 0.1) is 31.3 Å². The number of nitrogen functional groups attached to an aromatic ring is 2. The van der Waals surface area contributed by atoms with Crippen molar-refractivity contribution < 1.29 is 42.0 Å². The number of anilines is 2. The summed E-state index contributed by atoms with van der Waals surface area (Å²) in [5, 5.41) is 13.6. The summed E-state index contributed by atoms with van der Waals surface area (Å²) >= 11 is 9.07. The summed E-state index contributed by atoms with van der Waals surface area (Å²) in [5.74, 6) is -0.122. The molecular formula is C21H26FN10O9P2S2+. The zero-order valence-corrected chi connectivity index (χ0v) is 26.3.